The van der Waals surface area contributed by atoms with E-state index < -0.39 is 5.60 Å². The van der Waals surface area contributed by atoms with Gasteiger partial charge < -0.3 is 9.64 Å². The largest absolute Gasteiger partial charge is 0.444 e. The molecule has 0 saturated carbocycles. The van der Waals surface area contributed by atoms with Crippen LogP contribution in [0.2, 0.25) is 0 Å². The second-order valence-corrected chi connectivity index (χ2v) is 9.08. The van der Waals surface area contributed by atoms with E-state index in [1.165, 1.54) is 12.1 Å². The van der Waals surface area contributed by atoms with Crippen molar-refractivity contribution >= 4 is 22.8 Å². The van der Waals surface area contributed by atoms with Gasteiger partial charge in [0.1, 0.15) is 11.4 Å². The second kappa shape index (κ2) is 6.22. The first kappa shape index (κ1) is 18.8. The zero-order valence-corrected chi connectivity index (χ0v) is 17.1. The molecule has 0 unspecified atom stereocenters. The van der Waals surface area contributed by atoms with Crippen LogP contribution in [-0.2, 0) is 10.2 Å². The van der Waals surface area contributed by atoms with E-state index in [0.29, 0.717) is 18.6 Å². The van der Waals surface area contributed by atoms with Crippen LogP contribution in [0.4, 0.5) is 9.18 Å². The molecule has 4 rings (SSSR count). The van der Waals surface area contributed by atoms with Gasteiger partial charge in [0.25, 0.3) is 0 Å². The van der Waals surface area contributed by atoms with Crippen molar-refractivity contribution in [3.63, 3.8) is 0 Å². The fraction of sp³-hybridized carbons (Fsp3) is 0.524. The normalized spacial score (nSPS) is 17.4. The Bertz CT molecular complexity index is 1050. The zero-order valence-electron chi connectivity index (χ0n) is 17.1. The standard InChI is InChI=1S/C21H27FN4O2/c1-13-10-14(22)11-16-17(13)26-18(24-16)15(12-23-26)21(5)6-8-25(9-7-21)19(27)28-20(2,3)4/h10-12,23H,6-9H2,1-5H3. The third-order valence-corrected chi connectivity index (χ3v) is 5.65. The molecule has 1 aliphatic rings. The van der Waals surface area contributed by atoms with Gasteiger partial charge in [-0.3, -0.25) is 5.10 Å². The summed E-state index contributed by atoms with van der Waals surface area (Å²) in [6.07, 6.45) is 3.37. The number of fused-ring (bicyclic) bond motifs is 3. The molecule has 6 nitrogen and oxygen atoms in total. The average molecular weight is 386 g/mol. The van der Waals surface area contributed by atoms with Crippen LogP contribution in [0.25, 0.3) is 16.7 Å². The number of aromatic nitrogens is 3. The Labute approximate surface area is 163 Å². The van der Waals surface area contributed by atoms with Gasteiger partial charge in [-0.05, 0) is 52.2 Å². The molecule has 1 fully saturated rings. The molecule has 3 aromatic rings. The van der Waals surface area contributed by atoms with Crippen LogP contribution in [0.1, 0.15) is 51.7 Å². The number of rotatable bonds is 1. The molecule has 0 radical (unpaired) electrons. The molecule has 2 aromatic heterocycles. The summed E-state index contributed by atoms with van der Waals surface area (Å²) in [5.74, 6) is -0.274. The van der Waals surface area contributed by atoms with E-state index in [4.69, 9.17) is 9.72 Å². The van der Waals surface area contributed by atoms with Gasteiger partial charge in [-0.15, -0.1) is 0 Å². The summed E-state index contributed by atoms with van der Waals surface area (Å²) < 4.78 is 21.2. The molecule has 1 amide bonds. The molecule has 0 aliphatic carbocycles. The minimum Gasteiger partial charge on any atom is -0.444 e. The van der Waals surface area contributed by atoms with E-state index in [0.717, 1.165) is 35.1 Å². The lowest BCUT2D eigenvalue weighted by Gasteiger charge is -2.39. The van der Waals surface area contributed by atoms with Crippen molar-refractivity contribution in [2.75, 3.05) is 13.1 Å². The Morgan fingerprint density at radius 1 is 1.29 bits per heavy atom. The van der Waals surface area contributed by atoms with E-state index in [9.17, 15) is 9.18 Å². The molecule has 3 heterocycles. The predicted octanol–water partition coefficient (Wildman–Crippen LogP) is 4.55. The fourth-order valence-corrected chi connectivity index (χ4v) is 4.09. The summed E-state index contributed by atoms with van der Waals surface area (Å²) >= 11 is 0. The molecule has 1 aliphatic heterocycles. The van der Waals surface area contributed by atoms with Gasteiger partial charge in [-0.1, -0.05) is 6.92 Å². The van der Waals surface area contributed by atoms with Gasteiger partial charge in [0, 0.05) is 36.3 Å². The number of ether oxygens (including phenoxy) is 1. The van der Waals surface area contributed by atoms with Crippen molar-refractivity contribution in [1.82, 2.24) is 19.5 Å². The number of amides is 1. The molecule has 0 atom stereocenters. The molecule has 150 valence electrons. The maximum Gasteiger partial charge on any atom is 0.410 e. The minimum absolute atomic E-state index is 0.117. The van der Waals surface area contributed by atoms with Crippen LogP contribution < -0.4 is 0 Å². The maximum absolute atomic E-state index is 13.8. The molecular formula is C21H27FN4O2. The van der Waals surface area contributed by atoms with Crippen molar-refractivity contribution in [2.24, 2.45) is 0 Å². The number of likely N-dealkylation sites (tertiary alicyclic amines) is 1. The van der Waals surface area contributed by atoms with Crippen LogP contribution in [0.5, 0.6) is 0 Å². The van der Waals surface area contributed by atoms with E-state index in [1.54, 1.807) is 4.90 Å². The molecule has 1 aromatic carbocycles. The van der Waals surface area contributed by atoms with Crippen molar-refractivity contribution < 1.29 is 13.9 Å². The minimum atomic E-state index is -0.492. The molecule has 1 saturated heterocycles. The van der Waals surface area contributed by atoms with Crippen LogP contribution >= 0.6 is 0 Å². The number of halogens is 1. The summed E-state index contributed by atoms with van der Waals surface area (Å²) in [7, 11) is 0. The van der Waals surface area contributed by atoms with Gasteiger partial charge >= 0.3 is 6.09 Å². The highest BCUT2D eigenvalue weighted by Crippen LogP contribution is 2.38. The number of carbonyl (C=O) groups is 1. The van der Waals surface area contributed by atoms with Crippen molar-refractivity contribution in [2.45, 2.75) is 58.5 Å². The smallest absolute Gasteiger partial charge is 0.410 e. The number of imidazole rings is 1. The number of aryl methyl sites for hydroxylation is 1. The molecule has 7 heteroatoms. The number of hydrogen-bond donors (Lipinski definition) is 1. The quantitative estimate of drug-likeness (QED) is 0.667. The van der Waals surface area contributed by atoms with Gasteiger partial charge in [0.15, 0.2) is 5.65 Å². The van der Waals surface area contributed by atoms with Gasteiger partial charge in [0.05, 0.1) is 11.0 Å². The second-order valence-electron chi connectivity index (χ2n) is 9.08. The zero-order chi connectivity index (χ0) is 20.3. The number of nitrogens with one attached hydrogen (secondary N) is 1. The van der Waals surface area contributed by atoms with E-state index in [1.807, 2.05) is 38.4 Å². The predicted molar refractivity (Wildman–Crippen MR) is 106 cm³/mol. The average Bonchev–Trinajstić information content (AvgIpc) is 3.12. The lowest BCUT2D eigenvalue weighted by atomic mass is 9.75. The van der Waals surface area contributed by atoms with Gasteiger partial charge in [0.2, 0.25) is 0 Å². The monoisotopic (exact) mass is 386 g/mol. The molecule has 28 heavy (non-hydrogen) atoms. The first-order chi connectivity index (χ1) is 13.1. The van der Waals surface area contributed by atoms with Gasteiger partial charge in [-0.25, -0.2) is 18.7 Å². The summed E-state index contributed by atoms with van der Waals surface area (Å²) in [6.45, 7) is 11.0. The number of benzene rings is 1. The lowest BCUT2D eigenvalue weighted by Crippen LogP contribution is -2.45. The fourth-order valence-electron chi connectivity index (χ4n) is 4.09. The van der Waals surface area contributed by atoms with Crippen LogP contribution in [0.3, 0.4) is 0 Å². The van der Waals surface area contributed by atoms with Crippen molar-refractivity contribution in [3.05, 3.63) is 35.3 Å². The van der Waals surface area contributed by atoms with Gasteiger partial charge in [-0.2, -0.15) is 0 Å². The topological polar surface area (TPSA) is 62.6 Å². The lowest BCUT2D eigenvalue weighted by molar-refractivity contribution is 0.0172. The molecular weight excluding hydrogens is 359 g/mol. The maximum atomic E-state index is 13.8. The van der Waals surface area contributed by atoms with Crippen LogP contribution in [-0.4, -0.2) is 44.3 Å². The van der Waals surface area contributed by atoms with Crippen LogP contribution in [0, 0.1) is 12.7 Å². The summed E-state index contributed by atoms with van der Waals surface area (Å²) in [5, 5.41) is 3.29. The van der Waals surface area contributed by atoms with Crippen molar-refractivity contribution in [1.29, 1.82) is 0 Å². The highest BCUT2D eigenvalue weighted by molar-refractivity contribution is 5.84. The Morgan fingerprint density at radius 2 is 1.96 bits per heavy atom. The number of carbonyl (C=O) groups excluding carboxylic acids is 1. The van der Waals surface area contributed by atoms with Crippen LogP contribution in [0.15, 0.2) is 18.3 Å². The highest BCUT2D eigenvalue weighted by atomic mass is 19.1. The summed E-state index contributed by atoms with van der Waals surface area (Å²) in [4.78, 5) is 18.8. The van der Waals surface area contributed by atoms with E-state index in [2.05, 4.69) is 12.0 Å². The Kier molecular flexibility index (Phi) is 4.17. The Balaban J connectivity index is 1.62. The third-order valence-electron chi connectivity index (χ3n) is 5.65. The Morgan fingerprint density at radius 3 is 2.61 bits per heavy atom. The molecule has 1 N–H and O–H groups in total. The van der Waals surface area contributed by atoms with E-state index in [-0.39, 0.29) is 17.3 Å². The summed E-state index contributed by atoms with van der Waals surface area (Å²) in [5.41, 5.74) is 3.73. The first-order valence-corrected chi connectivity index (χ1v) is 9.71. The number of aromatic amines is 1. The highest BCUT2D eigenvalue weighted by Gasteiger charge is 2.37. The third kappa shape index (κ3) is 3.12. The number of hydrogen-bond acceptors (Lipinski definition) is 3. The first-order valence-electron chi connectivity index (χ1n) is 9.71. The summed E-state index contributed by atoms with van der Waals surface area (Å²) in [6, 6.07) is 3.00. The molecule has 0 spiro atoms. The number of nitrogens with zero attached hydrogens (tertiary/aromatic N) is 3. The number of H-pyrrole nitrogens is 1. The Hall–Kier alpha value is -2.57. The SMILES string of the molecule is Cc1cc(F)cc2nc3c(C4(C)CCN(C(=O)OC(C)(C)C)CC4)c[nH]n3c12. The molecule has 0 bridgehead atoms. The number of piperidine rings is 1. The van der Waals surface area contributed by atoms with E-state index >= 15 is 0 Å². The van der Waals surface area contributed by atoms with Crippen molar-refractivity contribution in [3.8, 4) is 0 Å².